The monoisotopic (exact) mass is 945 g/mol. The van der Waals surface area contributed by atoms with Gasteiger partial charge in [-0.3, -0.25) is 0 Å². The number of fused-ring (bicyclic) bond motifs is 7. The molecule has 348 valence electrons. The van der Waals surface area contributed by atoms with Crippen molar-refractivity contribution in [2.75, 3.05) is 0 Å². The van der Waals surface area contributed by atoms with Crippen molar-refractivity contribution in [3.8, 4) is 50.7 Å². The SMILES string of the molecule is C1=C(c2nc(-c3ccccc3)nc(-c3ccccc3)n2)CC(c2ccc(-c3ccccc3)cc2)C(n2c3ccccc3c3ccc4c5ccccc5n(-c5ccccc5)c4c32)=C1c1ccc(-c2ccccc2)cc1. The number of rotatable bonds is 9. The van der Waals surface area contributed by atoms with E-state index in [9.17, 15) is 0 Å². The second-order valence-electron chi connectivity index (χ2n) is 19.1. The first-order valence-electron chi connectivity index (χ1n) is 25.4. The Balaban J connectivity index is 1.12. The fraction of sp³-hybridized carbons (Fsp3) is 0.0290. The number of para-hydroxylation sites is 3. The molecule has 1 aliphatic carbocycles. The van der Waals surface area contributed by atoms with E-state index in [-0.39, 0.29) is 5.92 Å². The molecule has 0 bridgehead atoms. The van der Waals surface area contributed by atoms with E-state index < -0.39 is 0 Å². The molecule has 0 fully saturated rings. The van der Waals surface area contributed by atoms with Crippen molar-refractivity contribution < 1.29 is 0 Å². The van der Waals surface area contributed by atoms with Gasteiger partial charge in [-0.1, -0.05) is 237 Å². The molecule has 5 heteroatoms. The minimum absolute atomic E-state index is 0.162. The van der Waals surface area contributed by atoms with Crippen molar-refractivity contribution in [2.45, 2.75) is 12.3 Å². The smallest absolute Gasteiger partial charge is 0.164 e. The standard InChI is InChI=1S/C69H47N5/c1-6-20-46(21-7-1)48-34-38-50(39-35-48)60-44-54(69-71-67(52-24-10-3-11-25-52)70-68(72-69)53-26-12-4-13-27-53)45-61(51-40-36-49(37-41-51)47-22-8-2-9-23-47)64(60)74-63-33-19-17-31-57(63)59-43-42-58-56-30-16-18-32-62(56)73(65(58)66(59)74)55-28-14-5-15-29-55/h1-44,61H,45H2. The van der Waals surface area contributed by atoms with Gasteiger partial charge >= 0.3 is 0 Å². The number of hydrogen-bond donors (Lipinski definition) is 0. The van der Waals surface area contributed by atoms with Gasteiger partial charge in [-0.05, 0) is 75.7 Å². The molecular weight excluding hydrogens is 899 g/mol. The molecule has 1 atom stereocenters. The lowest BCUT2D eigenvalue weighted by atomic mass is 9.79. The highest BCUT2D eigenvalue weighted by molar-refractivity contribution is 6.25. The van der Waals surface area contributed by atoms with E-state index in [0.29, 0.717) is 23.9 Å². The van der Waals surface area contributed by atoms with Crippen LogP contribution in [0.3, 0.4) is 0 Å². The zero-order chi connectivity index (χ0) is 49.0. The first-order chi connectivity index (χ1) is 36.7. The summed E-state index contributed by atoms with van der Waals surface area (Å²) in [5.74, 6) is 1.78. The van der Waals surface area contributed by atoms with E-state index in [1.54, 1.807) is 0 Å². The molecule has 0 radical (unpaired) electrons. The minimum atomic E-state index is -0.162. The van der Waals surface area contributed by atoms with Crippen LogP contribution >= 0.6 is 0 Å². The van der Waals surface area contributed by atoms with Crippen LogP contribution in [0, 0.1) is 0 Å². The summed E-state index contributed by atoms with van der Waals surface area (Å²) in [6, 6.07) is 93.6. The predicted octanol–water partition coefficient (Wildman–Crippen LogP) is 17.4. The van der Waals surface area contributed by atoms with Gasteiger partial charge in [-0.25, -0.2) is 15.0 Å². The highest BCUT2D eigenvalue weighted by Gasteiger charge is 2.33. The Morgan fingerprint density at radius 2 is 0.703 bits per heavy atom. The van der Waals surface area contributed by atoms with Crippen molar-refractivity contribution >= 4 is 60.5 Å². The predicted molar refractivity (Wildman–Crippen MR) is 307 cm³/mol. The third kappa shape index (κ3) is 7.44. The summed E-state index contributed by atoms with van der Waals surface area (Å²) in [5, 5.41) is 4.82. The Labute approximate surface area is 429 Å². The van der Waals surface area contributed by atoms with Crippen molar-refractivity contribution in [3.63, 3.8) is 0 Å². The Kier molecular flexibility index (Phi) is 10.6. The normalized spacial score (nSPS) is 13.8. The molecule has 1 unspecified atom stereocenters. The Bertz CT molecular complexity index is 4210. The molecule has 0 spiro atoms. The fourth-order valence-corrected chi connectivity index (χ4v) is 11.3. The molecule has 13 aromatic rings. The summed E-state index contributed by atoms with van der Waals surface area (Å²) in [4.78, 5) is 15.9. The fourth-order valence-electron chi connectivity index (χ4n) is 11.3. The maximum absolute atomic E-state index is 5.39. The highest BCUT2D eigenvalue weighted by Crippen LogP contribution is 2.51. The van der Waals surface area contributed by atoms with Crippen LogP contribution in [0.5, 0.6) is 0 Å². The summed E-state index contributed by atoms with van der Waals surface area (Å²) in [6.07, 6.45) is 3.01. The molecule has 3 heterocycles. The third-order valence-corrected chi connectivity index (χ3v) is 14.8. The lowest BCUT2D eigenvalue weighted by Crippen LogP contribution is -2.16. The van der Waals surface area contributed by atoms with Gasteiger partial charge in [0.25, 0.3) is 0 Å². The first-order valence-corrected chi connectivity index (χ1v) is 25.4. The molecule has 0 saturated heterocycles. The second-order valence-corrected chi connectivity index (χ2v) is 19.1. The second kappa shape index (κ2) is 18.2. The maximum atomic E-state index is 5.39. The average Bonchev–Trinajstić information content (AvgIpc) is 4.04. The van der Waals surface area contributed by atoms with Gasteiger partial charge in [0.1, 0.15) is 0 Å². The van der Waals surface area contributed by atoms with E-state index in [0.717, 1.165) is 50.1 Å². The lowest BCUT2D eigenvalue weighted by Gasteiger charge is -2.31. The molecular formula is C69H47N5. The molecule has 10 aromatic carbocycles. The van der Waals surface area contributed by atoms with Gasteiger partial charge in [0.05, 0.1) is 22.1 Å². The number of nitrogens with zero attached hydrogens (tertiary/aromatic N) is 5. The zero-order valence-corrected chi connectivity index (χ0v) is 40.4. The molecule has 5 nitrogen and oxygen atoms in total. The lowest BCUT2D eigenvalue weighted by molar-refractivity contribution is 0.835. The van der Waals surface area contributed by atoms with Crippen molar-refractivity contribution in [1.29, 1.82) is 0 Å². The van der Waals surface area contributed by atoms with E-state index in [2.05, 4.69) is 240 Å². The van der Waals surface area contributed by atoms with E-state index in [1.165, 1.54) is 60.5 Å². The van der Waals surface area contributed by atoms with Crippen LogP contribution < -0.4 is 0 Å². The van der Waals surface area contributed by atoms with Gasteiger partial charge in [-0.15, -0.1) is 0 Å². The average molecular weight is 946 g/mol. The maximum Gasteiger partial charge on any atom is 0.164 e. The number of benzene rings is 10. The van der Waals surface area contributed by atoms with Gasteiger partial charge in [0, 0.05) is 55.5 Å². The van der Waals surface area contributed by atoms with Crippen molar-refractivity contribution in [3.05, 3.63) is 284 Å². The van der Waals surface area contributed by atoms with Crippen LogP contribution in [-0.4, -0.2) is 24.1 Å². The molecule has 1 aliphatic rings. The summed E-state index contributed by atoms with van der Waals surface area (Å²) >= 11 is 0. The first kappa shape index (κ1) is 43.1. The molecule has 0 aliphatic heterocycles. The largest absolute Gasteiger partial charge is 0.310 e. The topological polar surface area (TPSA) is 48.5 Å². The van der Waals surface area contributed by atoms with Gasteiger partial charge in [0.2, 0.25) is 0 Å². The molecule has 0 N–H and O–H groups in total. The highest BCUT2D eigenvalue weighted by atomic mass is 15.1. The minimum Gasteiger partial charge on any atom is -0.310 e. The molecule has 0 saturated carbocycles. The Morgan fingerprint density at radius 3 is 1.23 bits per heavy atom. The van der Waals surface area contributed by atoms with Crippen LogP contribution in [0.1, 0.15) is 29.3 Å². The molecule has 3 aromatic heterocycles. The third-order valence-electron chi connectivity index (χ3n) is 14.8. The number of allylic oxidation sites excluding steroid dienone is 4. The molecule has 74 heavy (non-hydrogen) atoms. The summed E-state index contributed by atoms with van der Waals surface area (Å²) in [5.41, 5.74) is 18.0. The zero-order valence-electron chi connectivity index (χ0n) is 40.4. The van der Waals surface area contributed by atoms with Crippen LogP contribution in [0.2, 0.25) is 0 Å². The Hall–Kier alpha value is -9.71. The van der Waals surface area contributed by atoms with Crippen molar-refractivity contribution in [1.82, 2.24) is 24.1 Å². The van der Waals surface area contributed by atoms with E-state index in [4.69, 9.17) is 15.0 Å². The molecule has 0 amide bonds. The van der Waals surface area contributed by atoms with Gasteiger partial charge < -0.3 is 9.13 Å². The summed E-state index contributed by atoms with van der Waals surface area (Å²) in [6.45, 7) is 0. The van der Waals surface area contributed by atoms with Crippen LogP contribution in [0.25, 0.3) is 111 Å². The number of hydrogen-bond acceptors (Lipinski definition) is 3. The summed E-state index contributed by atoms with van der Waals surface area (Å²) < 4.78 is 5.10. The Morgan fingerprint density at radius 1 is 0.311 bits per heavy atom. The van der Waals surface area contributed by atoms with Gasteiger partial charge in [-0.2, -0.15) is 0 Å². The van der Waals surface area contributed by atoms with Crippen LogP contribution in [-0.2, 0) is 0 Å². The van der Waals surface area contributed by atoms with Crippen LogP contribution in [0.4, 0.5) is 0 Å². The quantitative estimate of drug-likeness (QED) is 0.145. The van der Waals surface area contributed by atoms with E-state index in [1.807, 2.05) is 36.4 Å². The molecule has 14 rings (SSSR count). The van der Waals surface area contributed by atoms with Crippen molar-refractivity contribution in [2.24, 2.45) is 0 Å². The van der Waals surface area contributed by atoms with E-state index >= 15 is 0 Å². The number of aromatic nitrogens is 5. The summed E-state index contributed by atoms with van der Waals surface area (Å²) in [7, 11) is 0. The van der Waals surface area contributed by atoms with Gasteiger partial charge in [0.15, 0.2) is 17.5 Å². The van der Waals surface area contributed by atoms with Crippen LogP contribution in [0.15, 0.2) is 267 Å².